The van der Waals surface area contributed by atoms with Crippen LogP contribution >= 0.6 is 0 Å². The van der Waals surface area contributed by atoms with Crippen LogP contribution in [0.4, 0.5) is 0 Å². The summed E-state index contributed by atoms with van der Waals surface area (Å²) in [5.74, 6) is 0.787. The molecule has 0 bridgehead atoms. The highest BCUT2D eigenvalue weighted by Gasteiger charge is 2.28. The van der Waals surface area contributed by atoms with E-state index in [1.807, 2.05) is 0 Å². The lowest BCUT2D eigenvalue weighted by Crippen LogP contribution is -2.28. The van der Waals surface area contributed by atoms with Crippen molar-refractivity contribution in [2.45, 2.75) is 25.4 Å². The van der Waals surface area contributed by atoms with Gasteiger partial charge in [-0.3, -0.25) is 4.79 Å². The summed E-state index contributed by atoms with van der Waals surface area (Å²) in [6.07, 6.45) is 4.70. The summed E-state index contributed by atoms with van der Waals surface area (Å²) in [6.45, 7) is 0.633. The summed E-state index contributed by atoms with van der Waals surface area (Å²) in [7, 11) is 0. The third-order valence-corrected chi connectivity index (χ3v) is 2.82. The monoisotopic (exact) mass is 209 g/mol. The third kappa shape index (κ3) is 2.36. The highest BCUT2D eigenvalue weighted by molar-refractivity contribution is 5.06. The number of rotatable bonds is 3. The number of aromatic nitrogens is 2. The smallest absolute Gasteiger partial charge is 0.254 e. The predicted octanol–water partition coefficient (Wildman–Crippen LogP) is 0.276. The van der Waals surface area contributed by atoms with Crippen molar-refractivity contribution in [1.29, 1.82) is 0 Å². The molecule has 1 saturated carbocycles. The second-order valence-corrected chi connectivity index (χ2v) is 3.83. The molecule has 1 fully saturated rings. The zero-order chi connectivity index (χ0) is 10.7. The Morgan fingerprint density at radius 2 is 2.47 bits per heavy atom. The minimum atomic E-state index is -0.192. The average molecular weight is 209 g/mol. The topological polar surface area (TPSA) is 81.0 Å². The molecule has 0 radical (unpaired) electrons. The minimum absolute atomic E-state index is 0.115. The molecule has 0 saturated heterocycles. The molecule has 1 aromatic rings. The molecule has 0 aliphatic heterocycles. The van der Waals surface area contributed by atoms with Gasteiger partial charge < -0.3 is 15.5 Å². The molecule has 15 heavy (non-hydrogen) atoms. The summed E-state index contributed by atoms with van der Waals surface area (Å²) in [5, 5.41) is 0. The first kappa shape index (κ1) is 10.2. The van der Waals surface area contributed by atoms with Gasteiger partial charge in [-0.2, -0.15) is 0 Å². The molecule has 1 heterocycles. The largest absolute Gasteiger partial charge is 0.474 e. The standard InChI is InChI=1S/C10H15N3O2/c11-5-7-2-1-3-8(7)15-10-4-9(14)12-6-13-10/h4,6-8H,1-3,5,11H2,(H,12,13,14). The van der Waals surface area contributed by atoms with Gasteiger partial charge in [0.05, 0.1) is 12.4 Å². The van der Waals surface area contributed by atoms with Gasteiger partial charge in [-0.05, 0) is 25.8 Å². The van der Waals surface area contributed by atoms with Gasteiger partial charge in [0.1, 0.15) is 6.10 Å². The van der Waals surface area contributed by atoms with E-state index in [1.165, 1.54) is 12.4 Å². The normalized spacial score (nSPS) is 25.4. The van der Waals surface area contributed by atoms with Gasteiger partial charge in [-0.25, -0.2) is 4.98 Å². The van der Waals surface area contributed by atoms with Crippen molar-refractivity contribution in [2.24, 2.45) is 11.7 Å². The molecule has 2 rings (SSSR count). The van der Waals surface area contributed by atoms with Crippen LogP contribution in [0.25, 0.3) is 0 Å². The molecule has 5 nitrogen and oxygen atoms in total. The fourth-order valence-electron chi connectivity index (χ4n) is 2.00. The first-order chi connectivity index (χ1) is 7.29. The SMILES string of the molecule is NCC1CCCC1Oc1cc(=O)[nH]cn1. The minimum Gasteiger partial charge on any atom is -0.474 e. The Labute approximate surface area is 87.7 Å². The van der Waals surface area contributed by atoms with Crippen molar-refractivity contribution in [3.8, 4) is 5.88 Å². The van der Waals surface area contributed by atoms with E-state index in [-0.39, 0.29) is 11.7 Å². The van der Waals surface area contributed by atoms with Crippen molar-refractivity contribution >= 4 is 0 Å². The number of hydrogen-bond acceptors (Lipinski definition) is 4. The molecule has 3 N–H and O–H groups in total. The molecule has 0 aromatic carbocycles. The Balaban J connectivity index is 2.05. The van der Waals surface area contributed by atoms with Gasteiger partial charge in [0.2, 0.25) is 5.88 Å². The Bertz CT molecular complexity index is 377. The van der Waals surface area contributed by atoms with Crippen LogP contribution < -0.4 is 16.0 Å². The van der Waals surface area contributed by atoms with Crippen LogP contribution in [0.5, 0.6) is 5.88 Å². The maximum atomic E-state index is 11.0. The molecular formula is C10H15N3O2. The van der Waals surface area contributed by atoms with E-state index >= 15 is 0 Å². The quantitative estimate of drug-likeness (QED) is 0.749. The molecule has 0 amide bonds. The van der Waals surface area contributed by atoms with E-state index in [2.05, 4.69) is 9.97 Å². The van der Waals surface area contributed by atoms with Crippen LogP contribution in [-0.2, 0) is 0 Å². The van der Waals surface area contributed by atoms with Crippen molar-refractivity contribution in [2.75, 3.05) is 6.54 Å². The number of aromatic amines is 1. The number of nitrogens with one attached hydrogen (secondary N) is 1. The highest BCUT2D eigenvalue weighted by atomic mass is 16.5. The van der Waals surface area contributed by atoms with Crippen molar-refractivity contribution in [3.63, 3.8) is 0 Å². The van der Waals surface area contributed by atoms with Crippen LogP contribution in [0.1, 0.15) is 19.3 Å². The van der Waals surface area contributed by atoms with E-state index in [1.54, 1.807) is 0 Å². The molecule has 2 atom stereocenters. The maximum Gasteiger partial charge on any atom is 0.254 e. The molecule has 1 aliphatic carbocycles. The Morgan fingerprint density at radius 3 is 3.20 bits per heavy atom. The first-order valence-corrected chi connectivity index (χ1v) is 5.21. The zero-order valence-electron chi connectivity index (χ0n) is 8.48. The lowest BCUT2D eigenvalue weighted by molar-refractivity contribution is 0.155. The zero-order valence-corrected chi connectivity index (χ0v) is 8.48. The summed E-state index contributed by atoms with van der Waals surface area (Å²) in [6, 6.07) is 1.37. The molecule has 1 aromatic heterocycles. The van der Waals surface area contributed by atoms with Crippen LogP contribution in [0.3, 0.4) is 0 Å². The fourth-order valence-corrected chi connectivity index (χ4v) is 2.00. The Morgan fingerprint density at radius 1 is 1.60 bits per heavy atom. The van der Waals surface area contributed by atoms with E-state index in [4.69, 9.17) is 10.5 Å². The Kier molecular flexibility index (Phi) is 3.01. The van der Waals surface area contributed by atoms with Gasteiger partial charge in [0.25, 0.3) is 5.56 Å². The third-order valence-electron chi connectivity index (χ3n) is 2.82. The van der Waals surface area contributed by atoms with Crippen molar-refractivity contribution in [1.82, 2.24) is 9.97 Å². The van der Waals surface area contributed by atoms with Gasteiger partial charge >= 0.3 is 0 Å². The number of nitrogens with two attached hydrogens (primary N) is 1. The Hall–Kier alpha value is -1.36. The van der Waals surface area contributed by atoms with Crippen LogP contribution in [-0.4, -0.2) is 22.6 Å². The summed E-state index contributed by atoms with van der Waals surface area (Å²) in [4.78, 5) is 17.4. The number of nitrogens with zero attached hydrogens (tertiary/aromatic N) is 1. The van der Waals surface area contributed by atoms with Gasteiger partial charge in [-0.15, -0.1) is 0 Å². The van der Waals surface area contributed by atoms with E-state index < -0.39 is 0 Å². The summed E-state index contributed by atoms with van der Waals surface area (Å²) >= 11 is 0. The molecule has 2 unspecified atom stereocenters. The number of H-pyrrole nitrogens is 1. The molecule has 1 aliphatic rings. The lowest BCUT2D eigenvalue weighted by atomic mass is 10.1. The van der Waals surface area contributed by atoms with Crippen LogP contribution in [0, 0.1) is 5.92 Å². The predicted molar refractivity (Wildman–Crippen MR) is 55.7 cm³/mol. The van der Waals surface area contributed by atoms with Gasteiger partial charge in [0, 0.05) is 5.92 Å². The van der Waals surface area contributed by atoms with Crippen molar-refractivity contribution in [3.05, 3.63) is 22.7 Å². The second-order valence-electron chi connectivity index (χ2n) is 3.83. The van der Waals surface area contributed by atoms with E-state index in [0.29, 0.717) is 18.3 Å². The van der Waals surface area contributed by atoms with Crippen LogP contribution in [0.2, 0.25) is 0 Å². The van der Waals surface area contributed by atoms with Gasteiger partial charge in [0.15, 0.2) is 0 Å². The highest BCUT2D eigenvalue weighted by Crippen LogP contribution is 2.27. The fraction of sp³-hybridized carbons (Fsp3) is 0.600. The van der Waals surface area contributed by atoms with E-state index in [9.17, 15) is 4.79 Å². The molecule has 5 heteroatoms. The summed E-state index contributed by atoms with van der Waals surface area (Å²) in [5.41, 5.74) is 5.45. The van der Waals surface area contributed by atoms with Crippen molar-refractivity contribution < 1.29 is 4.74 Å². The maximum absolute atomic E-state index is 11.0. The number of ether oxygens (including phenoxy) is 1. The van der Waals surface area contributed by atoms with Crippen LogP contribution in [0.15, 0.2) is 17.2 Å². The second kappa shape index (κ2) is 4.44. The molecular weight excluding hydrogens is 194 g/mol. The lowest BCUT2D eigenvalue weighted by Gasteiger charge is -2.18. The summed E-state index contributed by atoms with van der Waals surface area (Å²) < 4.78 is 5.65. The van der Waals surface area contributed by atoms with Gasteiger partial charge in [-0.1, -0.05) is 0 Å². The van der Waals surface area contributed by atoms with E-state index in [0.717, 1.165) is 19.3 Å². The number of hydrogen-bond donors (Lipinski definition) is 2. The first-order valence-electron chi connectivity index (χ1n) is 5.21. The average Bonchev–Trinajstić information content (AvgIpc) is 2.65. The molecule has 82 valence electrons. The molecule has 0 spiro atoms.